The number of anilines is 1. The second-order valence-electron chi connectivity index (χ2n) is 4.91. The third kappa shape index (κ3) is 2.31. The molecule has 0 aromatic heterocycles. The van der Waals surface area contributed by atoms with E-state index in [-0.39, 0.29) is 11.9 Å². The summed E-state index contributed by atoms with van der Waals surface area (Å²) in [4.78, 5) is 11.5. The van der Waals surface area contributed by atoms with E-state index in [1.54, 1.807) is 0 Å². The van der Waals surface area contributed by atoms with Crippen molar-refractivity contribution in [1.29, 1.82) is 0 Å². The zero-order valence-corrected chi connectivity index (χ0v) is 12.7. The summed E-state index contributed by atoms with van der Waals surface area (Å²) in [5.41, 5.74) is 6.45. The number of carbonyl (C=O) groups excluding carboxylic acids is 1. The van der Waals surface area contributed by atoms with E-state index in [4.69, 9.17) is 0 Å². The van der Waals surface area contributed by atoms with Gasteiger partial charge < -0.3 is 0 Å². The van der Waals surface area contributed by atoms with Crippen molar-refractivity contribution in [2.45, 2.75) is 19.4 Å². The minimum absolute atomic E-state index is 0.0567. The first-order chi connectivity index (χ1) is 9.66. The molecule has 20 heavy (non-hydrogen) atoms. The summed E-state index contributed by atoms with van der Waals surface area (Å²) in [6.07, 6.45) is 0.888. The van der Waals surface area contributed by atoms with Crippen LogP contribution in [-0.2, 0) is 11.2 Å². The molecule has 0 aliphatic carbocycles. The summed E-state index contributed by atoms with van der Waals surface area (Å²) in [6.45, 7) is 1.54. The highest BCUT2D eigenvalue weighted by molar-refractivity contribution is 9.10. The topological polar surface area (TPSA) is 32.3 Å². The van der Waals surface area contributed by atoms with Crippen LogP contribution in [0.2, 0.25) is 0 Å². The highest BCUT2D eigenvalue weighted by Gasteiger charge is 2.31. The number of amides is 1. The molecule has 0 bridgehead atoms. The summed E-state index contributed by atoms with van der Waals surface area (Å²) in [5, 5.41) is 1.97. The van der Waals surface area contributed by atoms with E-state index in [0.717, 1.165) is 16.6 Å². The van der Waals surface area contributed by atoms with E-state index < -0.39 is 0 Å². The average Bonchev–Trinajstić information content (AvgIpc) is 2.78. The van der Waals surface area contributed by atoms with Gasteiger partial charge in [-0.1, -0.05) is 52.3 Å². The summed E-state index contributed by atoms with van der Waals surface area (Å²) in [6, 6.07) is 16.5. The van der Waals surface area contributed by atoms with Gasteiger partial charge >= 0.3 is 0 Å². The number of para-hydroxylation sites is 1. The zero-order chi connectivity index (χ0) is 14.1. The molecule has 1 aliphatic heterocycles. The highest BCUT2D eigenvalue weighted by Crippen LogP contribution is 2.40. The monoisotopic (exact) mass is 330 g/mol. The largest absolute Gasteiger partial charge is 0.277 e. The molecule has 1 unspecified atom stereocenters. The number of hydrogen-bond donors (Lipinski definition) is 1. The lowest BCUT2D eigenvalue weighted by Crippen LogP contribution is -2.41. The van der Waals surface area contributed by atoms with Crippen LogP contribution in [0, 0.1) is 0 Å². The molecule has 0 radical (unpaired) electrons. The summed E-state index contributed by atoms with van der Waals surface area (Å²) in [7, 11) is 0. The Kier molecular flexibility index (Phi) is 3.49. The molecule has 1 aliphatic rings. The number of benzene rings is 2. The minimum Gasteiger partial charge on any atom is -0.277 e. The lowest BCUT2D eigenvalue weighted by molar-refractivity contribution is -0.119. The van der Waals surface area contributed by atoms with Crippen LogP contribution in [0.15, 0.2) is 53.0 Å². The van der Waals surface area contributed by atoms with Crippen molar-refractivity contribution in [2.24, 2.45) is 0 Å². The van der Waals surface area contributed by atoms with Gasteiger partial charge in [-0.15, -0.1) is 0 Å². The lowest BCUT2D eigenvalue weighted by atomic mass is 10.0. The Morgan fingerprint density at radius 3 is 2.65 bits per heavy atom. The lowest BCUT2D eigenvalue weighted by Gasteiger charge is -2.28. The van der Waals surface area contributed by atoms with E-state index in [2.05, 4.69) is 33.5 Å². The van der Waals surface area contributed by atoms with Gasteiger partial charge in [-0.25, -0.2) is 0 Å². The smallest absolute Gasteiger partial charge is 0.235 e. The van der Waals surface area contributed by atoms with Crippen molar-refractivity contribution >= 4 is 27.5 Å². The molecule has 1 amide bonds. The summed E-state index contributed by atoms with van der Waals surface area (Å²) < 4.78 is 1.06. The van der Waals surface area contributed by atoms with E-state index in [0.29, 0.717) is 0 Å². The van der Waals surface area contributed by atoms with Crippen molar-refractivity contribution in [3.8, 4) is 0 Å². The number of nitrogens with one attached hydrogen (secondary N) is 1. The SMILES string of the molecule is CC(=O)NN1c2ccccc2CC1c1ccccc1Br. The Balaban J connectivity index is 2.04. The zero-order valence-electron chi connectivity index (χ0n) is 11.1. The summed E-state index contributed by atoms with van der Waals surface area (Å²) in [5.74, 6) is -0.0567. The molecule has 1 atom stereocenters. The number of hydrazine groups is 1. The molecular formula is C16H15BrN2O. The fraction of sp³-hybridized carbons (Fsp3) is 0.188. The molecule has 1 N–H and O–H groups in total. The second-order valence-corrected chi connectivity index (χ2v) is 5.76. The fourth-order valence-electron chi connectivity index (χ4n) is 2.69. The first-order valence-corrected chi connectivity index (χ1v) is 7.35. The van der Waals surface area contributed by atoms with E-state index in [1.807, 2.05) is 41.4 Å². The average molecular weight is 331 g/mol. The molecule has 2 aromatic carbocycles. The van der Waals surface area contributed by atoms with E-state index in [1.165, 1.54) is 18.1 Å². The van der Waals surface area contributed by atoms with Gasteiger partial charge in [0.05, 0.1) is 11.7 Å². The van der Waals surface area contributed by atoms with Gasteiger partial charge in [0, 0.05) is 17.8 Å². The Morgan fingerprint density at radius 2 is 1.90 bits per heavy atom. The quantitative estimate of drug-likeness (QED) is 0.912. The van der Waals surface area contributed by atoms with Crippen LogP contribution in [0.5, 0.6) is 0 Å². The molecule has 0 spiro atoms. The van der Waals surface area contributed by atoms with Gasteiger partial charge in [0.15, 0.2) is 0 Å². The van der Waals surface area contributed by atoms with Gasteiger partial charge in [0.2, 0.25) is 5.91 Å². The fourth-order valence-corrected chi connectivity index (χ4v) is 3.24. The van der Waals surface area contributed by atoms with Crippen molar-refractivity contribution < 1.29 is 4.79 Å². The van der Waals surface area contributed by atoms with Crippen LogP contribution >= 0.6 is 15.9 Å². The normalized spacial score (nSPS) is 16.9. The predicted molar refractivity (Wildman–Crippen MR) is 83.3 cm³/mol. The molecule has 3 nitrogen and oxygen atoms in total. The molecule has 102 valence electrons. The first-order valence-electron chi connectivity index (χ1n) is 6.55. The van der Waals surface area contributed by atoms with Crippen molar-refractivity contribution in [1.82, 2.24) is 5.43 Å². The third-order valence-electron chi connectivity index (χ3n) is 3.52. The Morgan fingerprint density at radius 1 is 1.20 bits per heavy atom. The van der Waals surface area contributed by atoms with Gasteiger partial charge in [-0.2, -0.15) is 0 Å². The van der Waals surface area contributed by atoms with Crippen molar-refractivity contribution in [3.05, 3.63) is 64.1 Å². The number of carbonyl (C=O) groups is 1. The number of nitrogens with zero attached hydrogens (tertiary/aromatic N) is 1. The van der Waals surface area contributed by atoms with E-state index >= 15 is 0 Å². The molecule has 4 heteroatoms. The first kappa shape index (κ1) is 13.2. The Bertz CT molecular complexity index is 656. The van der Waals surface area contributed by atoms with Crippen LogP contribution in [0.1, 0.15) is 24.1 Å². The predicted octanol–water partition coefficient (Wildman–Crippen LogP) is 3.60. The highest BCUT2D eigenvalue weighted by atomic mass is 79.9. The number of rotatable bonds is 2. The Labute approximate surface area is 126 Å². The van der Waals surface area contributed by atoms with Crippen molar-refractivity contribution in [2.75, 3.05) is 5.01 Å². The second kappa shape index (κ2) is 5.29. The molecule has 0 saturated carbocycles. The molecule has 0 saturated heterocycles. The van der Waals surface area contributed by atoms with Gasteiger partial charge in [0.1, 0.15) is 0 Å². The molecular weight excluding hydrogens is 316 g/mol. The minimum atomic E-state index is -0.0567. The third-order valence-corrected chi connectivity index (χ3v) is 4.24. The number of halogens is 1. The van der Waals surface area contributed by atoms with Crippen molar-refractivity contribution in [3.63, 3.8) is 0 Å². The van der Waals surface area contributed by atoms with Crippen LogP contribution in [0.25, 0.3) is 0 Å². The maximum Gasteiger partial charge on any atom is 0.235 e. The van der Waals surface area contributed by atoms with E-state index in [9.17, 15) is 4.79 Å². The number of hydrogen-bond acceptors (Lipinski definition) is 2. The van der Waals surface area contributed by atoms with Crippen LogP contribution in [0.4, 0.5) is 5.69 Å². The standard InChI is InChI=1S/C16H15BrN2O/c1-11(20)18-19-15-9-5-2-6-12(15)10-16(19)13-7-3-4-8-14(13)17/h2-9,16H,10H2,1H3,(H,18,20). The maximum atomic E-state index is 11.5. The summed E-state index contributed by atoms with van der Waals surface area (Å²) >= 11 is 3.61. The Hall–Kier alpha value is -1.81. The molecule has 2 aromatic rings. The number of fused-ring (bicyclic) bond motifs is 1. The van der Waals surface area contributed by atoms with Crippen LogP contribution in [-0.4, -0.2) is 5.91 Å². The van der Waals surface area contributed by atoms with Gasteiger partial charge in [0.25, 0.3) is 0 Å². The molecule has 0 fully saturated rings. The molecule has 1 heterocycles. The van der Waals surface area contributed by atoms with Crippen LogP contribution < -0.4 is 10.4 Å². The van der Waals surface area contributed by atoms with Crippen LogP contribution in [0.3, 0.4) is 0 Å². The van der Waals surface area contributed by atoms with Gasteiger partial charge in [-0.3, -0.25) is 15.2 Å². The van der Waals surface area contributed by atoms with Gasteiger partial charge in [-0.05, 0) is 23.3 Å². The molecule has 3 rings (SSSR count). The maximum absolute atomic E-state index is 11.5.